The number of nitrogens with zero attached hydrogens (tertiary/aromatic N) is 2. The molecule has 9 heteroatoms. The molecule has 0 aliphatic carbocycles. The van der Waals surface area contributed by atoms with Crippen LogP contribution in [-0.4, -0.2) is 32.7 Å². The third-order valence-corrected chi connectivity index (χ3v) is 3.29. The minimum atomic E-state index is -0.884. The first-order valence-corrected chi connectivity index (χ1v) is 7.45. The fourth-order valence-corrected chi connectivity index (χ4v) is 1.95. The molecule has 9 nitrogen and oxygen atoms in total. The molecule has 0 spiro atoms. The lowest BCUT2D eigenvalue weighted by molar-refractivity contribution is -0.384. The lowest BCUT2D eigenvalue weighted by Gasteiger charge is -2.24. The van der Waals surface area contributed by atoms with Crippen LogP contribution in [0.3, 0.4) is 0 Å². The van der Waals surface area contributed by atoms with Gasteiger partial charge in [0.1, 0.15) is 11.4 Å². The topological polar surface area (TPSA) is 124 Å². The summed E-state index contributed by atoms with van der Waals surface area (Å²) in [4.78, 5) is 33.8. The summed E-state index contributed by atoms with van der Waals surface area (Å²) in [5, 5.41) is 16.8. The number of hydrogen-bond donors (Lipinski definition) is 1. The zero-order chi connectivity index (χ0) is 18.4. The standard InChI is InChI=1S/C16H17N3O6/c1-16(2,25-15(21)13-8-10-17-18-13)9-7-14(20)24-12-5-3-11(4-6-12)19(22)23/h3-6,8,10H,7,9H2,1-2H3,(H,17,18). The highest BCUT2D eigenvalue weighted by atomic mass is 16.6. The molecule has 132 valence electrons. The minimum absolute atomic E-state index is 0.0117. The number of aromatic nitrogens is 2. The Bertz CT molecular complexity index is 753. The zero-order valence-electron chi connectivity index (χ0n) is 13.7. The number of non-ortho nitro benzene ring substituents is 1. The molecule has 0 aliphatic heterocycles. The molecule has 0 saturated carbocycles. The molecule has 0 aliphatic rings. The van der Waals surface area contributed by atoms with Crippen LogP contribution in [0.1, 0.15) is 37.2 Å². The molecule has 1 N–H and O–H groups in total. The Morgan fingerprint density at radius 2 is 1.92 bits per heavy atom. The van der Waals surface area contributed by atoms with Gasteiger partial charge in [-0.05, 0) is 38.5 Å². The number of carbonyl (C=O) groups is 2. The van der Waals surface area contributed by atoms with Gasteiger partial charge in [-0.15, -0.1) is 0 Å². The molecule has 1 aromatic carbocycles. The molecule has 0 atom stereocenters. The molecular formula is C16H17N3O6. The van der Waals surface area contributed by atoms with Gasteiger partial charge in [-0.1, -0.05) is 0 Å². The number of aromatic amines is 1. The minimum Gasteiger partial charge on any atom is -0.455 e. The maximum Gasteiger partial charge on any atom is 0.359 e. The molecule has 1 heterocycles. The second-order valence-corrected chi connectivity index (χ2v) is 5.83. The Morgan fingerprint density at radius 1 is 1.24 bits per heavy atom. The van der Waals surface area contributed by atoms with Crippen LogP contribution < -0.4 is 4.74 Å². The van der Waals surface area contributed by atoms with E-state index in [9.17, 15) is 19.7 Å². The van der Waals surface area contributed by atoms with E-state index in [1.54, 1.807) is 13.8 Å². The van der Waals surface area contributed by atoms with Crippen molar-refractivity contribution in [1.82, 2.24) is 10.2 Å². The van der Waals surface area contributed by atoms with Crippen molar-refractivity contribution in [2.45, 2.75) is 32.3 Å². The highest BCUT2D eigenvalue weighted by Crippen LogP contribution is 2.21. The van der Waals surface area contributed by atoms with E-state index >= 15 is 0 Å². The first-order valence-electron chi connectivity index (χ1n) is 7.45. The van der Waals surface area contributed by atoms with Gasteiger partial charge in [0.05, 0.1) is 4.92 Å². The van der Waals surface area contributed by atoms with Gasteiger partial charge in [0.25, 0.3) is 5.69 Å². The molecule has 0 amide bonds. The highest BCUT2D eigenvalue weighted by Gasteiger charge is 2.26. The smallest absolute Gasteiger partial charge is 0.359 e. The van der Waals surface area contributed by atoms with Crippen molar-refractivity contribution in [3.63, 3.8) is 0 Å². The summed E-state index contributed by atoms with van der Waals surface area (Å²) in [6.45, 7) is 3.35. The third kappa shape index (κ3) is 5.41. The lowest BCUT2D eigenvalue weighted by atomic mass is 10.0. The largest absolute Gasteiger partial charge is 0.455 e. The molecule has 0 fully saturated rings. The summed E-state index contributed by atoms with van der Waals surface area (Å²) in [5.74, 6) is -0.908. The van der Waals surface area contributed by atoms with Gasteiger partial charge >= 0.3 is 11.9 Å². The average Bonchev–Trinajstić information content (AvgIpc) is 3.08. The molecule has 0 unspecified atom stereocenters. The van der Waals surface area contributed by atoms with E-state index in [0.717, 1.165) is 0 Å². The molecule has 0 radical (unpaired) electrons. The first-order chi connectivity index (χ1) is 11.8. The summed E-state index contributed by atoms with van der Waals surface area (Å²) < 4.78 is 10.4. The van der Waals surface area contributed by atoms with E-state index < -0.39 is 22.5 Å². The van der Waals surface area contributed by atoms with Crippen molar-refractivity contribution in [2.75, 3.05) is 0 Å². The number of benzene rings is 1. The Kier molecular flexibility index (Phi) is 5.48. The fraction of sp³-hybridized carbons (Fsp3) is 0.312. The molecule has 2 rings (SSSR count). The van der Waals surface area contributed by atoms with Crippen LogP contribution in [0.25, 0.3) is 0 Å². The number of esters is 2. The maximum atomic E-state index is 11.9. The fourth-order valence-electron chi connectivity index (χ4n) is 1.95. The summed E-state index contributed by atoms with van der Waals surface area (Å²) in [7, 11) is 0. The quantitative estimate of drug-likeness (QED) is 0.353. The van der Waals surface area contributed by atoms with Crippen LogP contribution in [0.5, 0.6) is 5.75 Å². The van der Waals surface area contributed by atoms with Crippen LogP contribution in [-0.2, 0) is 9.53 Å². The normalized spacial score (nSPS) is 11.0. The highest BCUT2D eigenvalue weighted by molar-refractivity contribution is 5.87. The molecule has 0 saturated heterocycles. The summed E-state index contributed by atoms with van der Waals surface area (Å²) in [5.41, 5.74) is -0.822. The Labute approximate surface area is 143 Å². The second kappa shape index (κ2) is 7.56. The Balaban J connectivity index is 1.83. The lowest BCUT2D eigenvalue weighted by Crippen LogP contribution is -2.29. The van der Waals surface area contributed by atoms with Crippen molar-refractivity contribution < 1.29 is 24.0 Å². The summed E-state index contributed by atoms with van der Waals surface area (Å²) in [6, 6.07) is 6.68. The van der Waals surface area contributed by atoms with Gasteiger partial charge in [-0.2, -0.15) is 5.10 Å². The Hall–Kier alpha value is -3.23. The number of nitro groups is 1. The second-order valence-electron chi connectivity index (χ2n) is 5.83. The first kappa shape index (κ1) is 18.1. The SMILES string of the molecule is CC(C)(CCC(=O)Oc1ccc([N+](=O)[O-])cc1)OC(=O)c1cc[nH]n1. The summed E-state index contributed by atoms with van der Waals surface area (Å²) in [6.07, 6.45) is 1.76. The van der Waals surface area contributed by atoms with Crippen molar-refractivity contribution in [2.24, 2.45) is 0 Å². The monoisotopic (exact) mass is 347 g/mol. The van der Waals surface area contributed by atoms with Crippen LogP contribution in [0.2, 0.25) is 0 Å². The molecule has 2 aromatic rings. The van der Waals surface area contributed by atoms with E-state index in [-0.39, 0.29) is 30.0 Å². The number of ether oxygens (including phenoxy) is 2. The van der Waals surface area contributed by atoms with E-state index in [1.165, 1.54) is 36.5 Å². The predicted molar refractivity (Wildman–Crippen MR) is 86.0 cm³/mol. The van der Waals surface area contributed by atoms with Crippen molar-refractivity contribution in [1.29, 1.82) is 0 Å². The number of carbonyl (C=O) groups excluding carboxylic acids is 2. The van der Waals surface area contributed by atoms with E-state index in [0.29, 0.717) is 0 Å². The number of nitro benzene ring substituents is 1. The number of nitrogens with one attached hydrogen (secondary N) is 1. The van der Waals surface area contributed by atoms with Gasteiger partial charge in [-0.25, -0.2) is 4.79 Å². The van der Waals surface area contributed by atoms with Crippen LogP contribution >= 0.6 is 0 Å². The van der Waals surface area contributed by atoms with E-state index in [2.05, 4.69) is 10.2 Å². The predicted octanol–water partition coefficient (Wildman–Crippen LogP) is 2.64. The number of H-pyrrole nitrogens is 1. The van der Waals surface area contributed by atoms with Crippen LogP contribution in [0.4, 0.5) is 5.69 Å². The zero-order valence-corrected chi connectivity index (χ0v) is 13.7. The van der Waals surface area contributed by atoms with Crippen LogP contribution in [0.15, 0.2) is 36.5 Å². The third-order valence-electron chi connectivity index (χ3n) is 3.29. The maximum absolute atomic E-state index is 11.9. The molecular weight excluding hydrogens is 330 g/mol. The van der Waals surface area contributed by atoms with E-state index in [4.69, 9.17) is 9.47 Å². The average molecular weight is 347 g/mol. The number of hydrogen-bond acceptors (Lipinski definition) is 7. The van der Waals surface area contributed by atoms with Gasteiger partial charge in [0, 0.05) is 24.8 Å². The van der Waals surface area contributed by atoms with Gasteiger partial charge in [-0.3, -0.25) is 20.0 Å². The van der Waals surface area contributed by atoms with Crippen molar-refractivity contribution in [3.05, 3.63) is 52.3 Å². The number of rotatable bonds is 7. The Morgan fingerprint density at radius 3 is 2.48 bits per heavy atom. The molecule has 1 aromatic heterocycles. The van der Waals surface area contributed by atoms with Crippen molar-refractivity contribution in [3.8, 4) is 5.75 Å². The van der Waals surface area contributed by atoms with Gasteiger partial charge in [0.2, 0.25) is 0 Å². The molecule has 25 heavy (non-hydrogen) atoms. The van der Waals surface area contributed by atoms with Crippen molar-refractivity contribution >= 4 is 17.6 Å². The van der Waals surface area contributed by atoms with Crippen LogP contribution in [0, 0.1) is 10.1 Å². The molecule has 0 bridgehead atoms. The van der Waals surface area contributed by atoms with E-state index in [1.807, 2.05) is 0 Å². The summed E-state index contributed by atoms with van der Waals surface area (Å²) >= 11 is 0. The van der Waals surface area contributed by atoms with Gasteiger partial charge < -0.3 is 9.47 Å². The van der Waals surface area contributed by atoms with Gasteiger partial charge in [0.15, 0.2) is 5.69 Å².